The van der Waals surface area contributed by atoms with Gasteiger partial charge in [0.15, 0.2) is 5.76 Å². The van der Waals surface area contributed by atoms with E-state index in [2.05, 4.69) is 16.7 Å². The van der Waals surface area contributed by atoms with Gasteiger partial charge in [0.2, 0.25) is 0 Å². The molecule has 0 aliphatic heterocycles. The van der Waals surface area contributed by atoms with Gasteiger partial charge >= 0.3 is 5.97 Å². The van der Waals surface area contributed by atoms with Crippen LogP contribution in [0.4, 0.5) is 0 Å². The molecule has 0 atom stereocenters. The standard InChI is InChI=1S/C17H15Cl2N3O2/c1-2-3-15(22-10-20-9-21-22)16(24-17(23)11-4-5-11)13-7-6-12(18)8-14(13)19/h2,6-11H,1,3-5H2/b16-15+. The topological polar surface area (TPSA) is 57.0 Å². The lowest BCUT2D eigenvalue weighted by molar-refractivity contribution is -0.138. The fraction of sp³-hybridized carbons (Fsp3) is 0.235. The predicted octanol–water partition coefficient (Wildman–Crippen LogP) is 4.44. The third kappa shape index (κ3) is 3.68. The second kappa shape index (κ2) is 7.20. The number of halogens is 2. The van der Waals surface area contributed by atoms with Crippen molar-refractivity contribution in [2.45, 2.75) is 19.3 Å². The van der Waals surface area contributed by atoms with Crippen molar-refractivity contribution in [1.29, 1.82) is 0 Å². The van der Waals surface area contributed by atoms with E-state index in [1.807, 2.05) is 0 Å². The Hall–Kier alpha value is -2.11. The third-order valence-corrected chi connectivity index (χ3v) is 4.13. The molecule has 1 aromatic carbocycles. The van der Waals surface area contributed by atoms with Crippen LogP contribution in [0.1, 0.15) is 24.8 Å². The summed E-state index contributed by atoms with van der Waals surface area (Å²) >= 11 is 12.3. The average Bonchev–Trinajstić information content (AvgIpc) is 3.27. The van der Waals surface area contributed by atoms with Gasteiger partial charge in [0.1, 0.15) is 12.7 Å². The van der Waals surface area contributed by atoms with E-state index in [4.69, 9.17) is 27.9 Å². The number of aromatic nitrogens is 3. The SMILES string of the molecule is C=CC/C(=C(\OC(=O)C1CC1)c1ccc(Cl)cc1Cl)n1cncn1. The quantitative estimate of drug-likeness (QED) is 0.432. The molecule has 7 heteroatoms. The molecule has 124 valence electrons. The number of carbonyl (C=O) groups excluding carboxylic acids is 1. The zero-order valence-corrected chi connectivity index (χ0v) is 14.3. The number of carbonyl (C=O) groups is 1. The van der Waals surface area contributed by atoms with E-state index < -0.39 is 0 Å². The molecular formula is C17H15Cl2N3O2. The lowest BCUT2D eigenvalue weighted by atomic mass is 10.1. The van der Waals surface area contributed by atoms with Gasteiger partial charge in [-0.15, -0.1) is 6.58 Å². The minimum atomic E-state index is -0.266. The van der Waals surface area contributed by atoms with Crippen molar-refractivity contribution in [1.82, 2.24) is 14.8 Å². The highest BCUT2D eigenvalue weighted by atomic mass is 35.5. The highest BCUT2D eigenvalue weighted by Crippen LogP contribution is 2.36. The van der Waals surface area contributed by atoms with Crippen LogP contribution in [-0.2, 0) is 9.53 Å². The van der Waals surface area contributed by atoms with Gasteiger partial charge < -0.3 is 4.74 Å². The summed E-state index contributed by atoms with van der Waals surface area (Å²) in [5.41, 5.74) is 1.20. The monoisotopic (exact) mass is 363 g/mol. The normalized spacial score (nSPS) is 14.9. The van der Waals surface area contributed by atoms with Crippen molar-refractivity contribution < 1.29 is 9.53 Å². The number of ether oxygens (including phenoxy) is 1. The molecule has 0 unspecified atom stereocenters. The van der Waals surface area contributed by atoms with Gasteiger partial charge in [-0.1, -0.05) is 29.3 Å². The molecule has 3 rings (SSSR count). The van der Waals surface area contributed by atoms with E-state index in [-0.39, 0.29) is 11.9 Å². The van der Waals surface area contributed by atoms with Crippen LogP contribution in [0, 0.1) is 5.92 Å². The third-order valence-electron chi connectivity index (χ3n) is 3.58. The molecule has 2 aromatic rings. The maximum absolute atomic E-state index is 12.2. The van der Waals surface area contributed by atoms with E-state index in [0.717, 1.165) is 12.8 Å². The first-order valence-corrected chi connectivity index (χ1v) is 8.22. The number of esters is 1. The van der Waals surface area contributed by atoms with Crippen LogP contribution in [-0.4, -0.2) is 20.7 Å². The molecule has 0 amide bonds. The van der Waals surface area contributed by atoms with Gasteiger partial charge in [-0.2, -0.15) is 5.10 Å². The fourth-order valence-electron chi connectivity index (χ4n) is 2.22. The second-order valence-corrected chi connectivity index (χ2v) is 6.27. The summed E-state index contributed by atoms with van der Waals surface area (Å²) < 4.78 is 7.24. The van der Waals surface area contributed by atoms with Crippen LogP contribution >= 0.6 is 23.2 Å². The summed E-state index contributed by atoms with van der Waals surface area (Å²) in [6.45, 7) is 3.76. The highest BCUT2D eigenvalue weighted by Gasteiger charge is 2.33. The van der Waals surface area contributed by atoms with Gasteiger partial charge in [-0.25, -0.2) is 9.67 Å². The van der Waals surface area contributed by atoms with Crippen LogP contribution < -0.4 is 0 Å². The van der Waals surface area contributed by atoms with Crippen LogP contribution in [0.3, 0.4) is 0 Å². The minimum absolute atomic E-state index is 0.0493. The summed E-state index contributed by atoms with van der Waals surface area (Å²) in [6, 6.07) is 5.02. The molecule has 0 N–H and O–H groups in total. The molecule has 0 bridgehead atoms. The first-order valence-electron chi connectivity index (χ1n) is 7.46. The van der Waals surface area contributed by atoms with Crippen molar-refractivity contribution in [3.05, 3.63) is 59.1 Å². The Morgan fingerprint density at radius 2 is 2.21 bits per heavy atom. The minimum Gasteiger partial charge on any atom is -0.424 e. The number of rotatable bonds is 6. The fourth-order valence-corrected chi connectivity index (χ4v) is 2.71. The first kappa shape index (κ1) is 16.7. The summed E-state index contributed by atoms with van der Waals surface area (Å²) in [4.78, 5) is 16.2. The molecule has 1 saturated carbocycles. The molecule has 1 aromatic heterocycles. The summed E-state index contributed by atoms with van der Waals surface area (Å²) in [7, 11) is 0. The van der Waals surface area contributed by atoms with E-state index in [1.165, 1.54) is 12.7 Å². The van der Waals surface area contributed by atoms with Crippen molar-refractivity contribution >= 4 is 40.6 Å². The molecule has 0 spiro atoms. The first-order chi connectivity index (χ1) is 11.6. The predicted molar refractivity (Wildman–Crippen MR) is 93.2 cm³/mol. The number of hydrogen-bond acceptors (Lipinski definition) is 4. The Labute approximate surface area is 149 Å². The smallest absolute Gasteiger partial charge is 0.314 e. The lowest BCUT2D eigenvalue weighted by Crippen LogP contribution is -2.10. The van der Waals surface area contributed by atoms with Gasteiger partial charge in [0, 0.05) is 17.0 Å². The lowest BCUT2D eigenvalue weighted by Gasteiger charge is -2.16. The molecule has 0 saturated heterocycles. The van der Waals surface area contributed by atoms with E-state index >= 15 is 0 Å². The van der Waals surface area contributed by atoms with Crippen LogP contribution in [0.25, 0.3) is 11.5 Å². The van der Waals surface area contributed by atoms with Crippen molar-refractivity contribution in [2.75, 3.05) is 0 Å². The highest BCUT2D eigenvalue weighted by molar-refractivity contribution is 6.35. The van der Waals surface area contributed by atoms with Gasteiger partial charge in [0.05, 0.1) is 16.6 Å². The molecular weight excluding hydrogens is 349 g/mol. The van der Waals surface area contributed by atoms with Gasteiger partial charge in [-0.05, 0) is 31.0 Å². The Morgan fingerprint density at radius 3 is 2.79 bits per heavy atom. The number of hydrogen-bond donors (Lipinski definition) is 0. The van der Waals surface area contributed by atoms with Crippen LogP contribution in [0.5, 0.6) is 0 Å². The molecule has 0 radical (unpaired) electrons. The second-order valence-electron chi connectivity index (χ2n) is 5.43. The Kier molecular flexibility index (Phi) is 5.02. The van der Waals surface area contributed by atoms with Gasteiger partial charge in [0.25, 0.3) is 0 Å². The average molecular weight is 364 g/mol. The molecule has 1 heterocycles. The summed E-state index contributed by atoms with van der Waals surface area (Å²) in [5.74, 6) is 0.0310. The molecule has 5 nitrogen and oxygen atoms in total. The van der Waals surface area contributed by atoms with Crippen molar-refractivity contribution in [3.63, 3.8) is 0 Å². The number of allylic oxidation sites excluding steroid dienone is 2. The molecule has 1 aliphatic rings. The summed E-state index contributed by atoms with van der Waals surface area (Å²) in [5, 5.41) is 5.03. The maximum atomic E-state index is 12.2. The van der Waals surface area contributed by atoms with Gasteiger partial charge in [-0.3, -0.25) is 4.79 Å². The number of nitrogens with zero attached hydrogens (tertiary/aromatic N) is 3. The van der Waals surface area contributed by atoms with Crippen LogP contribution in [0.2, 0.25) is 10.0 Å². The van der Waals surface area contributed by atoms with Crippen molar-refractivity contribution in [2.24, 2.45) is 5.92 Å². The zero-order valence-electron chi connectivity index (χ0n) is 12.8. The largest absolute Gasteiger partial charge is 0.424 e. The zero-order chi connectivity index (χ0) is 17.1. The van der Waals surface area contributed by atoms with Crippen LogP contribution in [0.15, 0.2) is 43.5 Å². The summed E-state index contributed by atoms with van der Waals surface area (Å²) in [6.07, 6.45) is 6.77. The maximum Gasteiger partial charge on any atom is 0.314 e. The Morgan fingerprint density at radius 1 is 1.42 bits per heavy atom. The molecule has 24 heavy (non-hydrogen) atoms. The van der Waals surface area contributed by atoms with E-state index in [9.17, 15) is 4.79 Å². The van der Waals surface area contributed by atoms with E-state index in [0.29, 0.717) is 33.5 Å². The Bertz CT molecular complexity index is 796. The van der Waals surface area contributed by atoms with Crippen molar-refractivity contribution in [3.8, 4) is 0 Å². The Balaban J connectivity index is 2.13. The van der Waals surface area contributed by atoms with E-state index in [1.54, 1.807) is 29.0 Å². The molecule has 1 aliphatic carbocycles. The molecule has 1 fully saturated rings. The number of benzene rings is 1.